The van der Waals surface area contributed by atoms with Crippen molar-refractivity contribution in [1.82, 2.24) is 0 Å². The number of ether oxygens (including phenoxy) is 1. The molecule has 0 spiro atoms. The minimum atomic E-state index is -4.74. The molecule has 84 valence electrons. The molecule has 1 aromatic heterocycles. The van der Waals surface area contributed by atoms with Crippen LogP contribution >= 0.6 is 0 Å². The molecule has 15 heavy (non-hydrogen) atoms. The van der Waals surface area contributed by atoms with Gasteiger partial charge in [-0.05, 0) is 13.0 Å². The van der Waals surface area contributed by atoms with Gasteiger partial charge in [0.2, 0.25) is 5.76 Å². The fraction of sp³-hybridized carbons (Fsp3) is 0.375. The Balaban J connectivity index is 2.74. The number of hydrogen-bond acceptors (Lipinski definition) is 3. The normalized spacial score (nSPS) is 11.7. The highest BCUT2D eigenvalue weighted by atomic mass is 19.4. The molecule has 4 nitrogen and oxygen atoms in total. The molecule has 0 saturated carbocycles. The Morgan fingerprint density at radius 3 is 2.60 bits per heavy atom. The maximum atomic E-state index is 11.7. The Morgan fingerprint density at radius 2 is 2.20 bits per heavy atom. The largest absolute Gasteiger partial charge is 0.522 e. The number of rotatable bonds is 3. The van der Waals surface area contributed by atoms with Gasteiger partial charge in [0.05, 0.1) is 6.61 Å². The van der Waals surface area contributed by atoms with Gasteiger partial charge in [0.15, 0.2) is 0 Å². The fourth-order valence-electron chi connectivity index (χ4n) is 0.928. The predicted molar refractivity (Wildman–Crippen MR) is 41.2 cm³/mol. The third kappa shape index (κ3) is 3.28. The molecule has 1 heterocycles. The van der Waals surface area contributed by atoms with Gasteiger partial charge >= 0.3 is 12.3 Å². The summed E-state index contributed by atoms with van der Waals surface area (Å²) >= 11 is 0. The Kier molecular flexibility index (Phi) is 3.04. The SMILES string of the molecule is Cc1oc(C(=O)O)cc1COC(F)(F)F. The van der Waals surface area contributed by atoms with Crippen molar-refractivity contribution >= 4 is 5.97 Å². The van der Waals surface area contributed by atoms with Gasteiger partial charge in [-0.25, -0.2) is 4.79 Å². The number of aryl methyl sites for hydroxylation is 1. The van der Waals surface area contributed by atoms with E-state index in [1.54, 1.807) is 0 Å². The van der Waals surface area contributed by atoms with E-state index in [1.165, 1.54) is 6.92 Å². The van der Waals surface area contributed by atoms with Gasteiger partial charge < -0.3 is 9.52 Å². The first-order valence-corrected chi connectivity index (χ1v) is 3.83. The van der Waals surface area contributed by atoms with Crippen molar-refractivity contribution in [3.8, 4) is 0 Å². The van der Waals surface area contributed by atoms with Gasteiger partial charge in [0, 0.05) is 5.56 Å². The van der Waals surface area contributed by atoms with Crippen molar-refractivity contribution in [2.45, 2.75) is 19.9 Å². The average Bonchev–Trinajstić information content (AvgIpc) is 2.42. The highest BCUT2D eigenvalue weighted by Crippen LogP contribution is 2.22. The van der Waals surface area contributed by atoms with Gasteiger partial charge in [0.25, 0.3) is 0 Å². The molecule has 0 fully saturated rings. The van der Waals surface area contributed by atoms with Crippen LogP contribution < -0.4 is 0 Å². The summed E-state index contributed by atoms with van der Waals surface area (Å²) in [5.41, 5.74) is 0.0599. The van der Waals surface area contributed by atoms with E-state index < -0.39 is 24.7 Å². The molecule has 1 rings (SSSR count). The smallest absolute Gasteiger partial charge is 0.475 e. The fourth-order valence-corrected chi connectivity index (χ4v) is 0.928. The first-order valence-electron chi connectivity index (χ1n) is 3.83. The topological polar surface area (TPSA) is 59.7 Å². The zero-order valence-corrected chi connectivity index (χ0v) is 7.59. The van der Waals surface area contributed by atoms with Crippen molar-refractivity contribution in [2.24, 2.45) is 0 Å². The molecular weight excluding hydrogens is 217 g/mol. The summed E-state index contributed by atoms with van der Waals surface area (Å²) in [6.45, 7) is 0.605. The van der Waals surface area contributed by atoms with E-state index in [4.69, 9.17) is 9.52 Å². The van der Waals surface area contributed by atoms with Crippen LogP contribution in [0.2, 0.25) is 0 Å². The number of alkyl halides is 3. The molecule has 0 atom stereocenters. The summed E-state index contributed by atoms with van der Waals surface area (Å²) < 4.78 is 43.2. The number of carboxylic acids is 1. The van der Waals surface area contributed by atoms with Crippen molar-refractivity contribution < 1.29 is 32.2 Å². The predicted octanol–water partition coefficient (Wildman–Crippen LogP) is 2.32. The third-order valence-corrected chi connectivity index (χ3v) is 1.62. The first kappa shape index (κ1) is 11.6. The van der Waals surface area contributed by atoms with Gasteiger partial charge in [-0.1, -0.05) is 0 Å². The van der Waals surface area contributed by atoms with Gasteiger partial charge in [0.1, 0.15) is 5.76 Å². The summed E-state index contributed by atoms with van der Waals surface area (Å²) in [4.78, 5) is 10.4. The lowest BCUT2D eigenvalue weighted by atomic mass is 10.2. The maximum absolute atomic E-state index is 11.7. The van der Waals surface area contributed by atoms with Crippen LogP contribution in [-0.2, 0) is 11.3 Å². The van der Waals surface area contributed by atoms with Crippen LogP contribution in [0, 0.1) is 6.92 Å². The lowest BCUT2D eigenvalue weighted by molar-refractivity contribution is -0.330. The standard InChI is InChI=1S/C8H7F3O4/c1-4-5(3-14-8(9,10)11)2-6(15-4)7(12)13/h2H,3H2,1H3,(H,12,13). The zero-order valence-electron chi connectivity index (χ0n) is 7.59. The minimum Gasteiger partial charge on any atom is -0.475 e. The number of carboxylic acid groups (broad SMARTS) is 1. The molecule has 0 radical (unpaired) electrons. The van der Waals surface area contributed by atoms with Crippen molar-refractivity contribution in [2.75, 3.05) is 0 Å². The van der Waals surface area contributed by atoms with Crippen LogP contribution in [0.4, 0.5) is 13.2 Å². The molecule has 1 aromatic rings. The van der Waals surface area contributed by atoms with Crippen molar-refractivity contribution in [3.63, 3.8) is 0 Å². The van der Waals surface area contributed by atoms with Crippen LogP contribution in [0.1, 0.15) is 21.9 Å². The van der Waals surface area contributed by atoms with E-state index in [0.29, 0.717) is 0 Å². The second-order valence-corrected chi connectivity index (χ2v) is 2.73. The summed E-state index contributed by atoms with van der Waals surface area (Å²) in [6.07, 6.45) is -4.74. The Bertz CT molecular complexity index is 366. The number of carbonyl (C=O) groups is 1. The Morgan fingerprint density at radius 1 is 1.60 bits per heavy atom. The summed E-state index contributed by atoms with van der Waals surface area (Å²) in [6, 6.07) is 1.00. The number of furan rings is 1. The molecule has 0 aliphatic heterocycles. The maximum Gasteiger partial charge on any atom is 0.522 e. The van der Waals surface area contributed by atoms with Crippen LogP contribution in [0.3, 0.4) is 0 Å². The van der Waals surface area contributed by atoms with E-state index in [0.717, 1.165) is 6.07 Å². The number of halogens is 3. The highest BCUT2D eigenvalue weighted by molar-refractivity contribution is 5.84. The summed E-state index contributed by atoms with van der Waals surface area (Å²) in [5.74, 6) is -1.65. The van der Waals surface area contributed by atoms with E-state index in [9.17, 15) is 18.0 Å². The van der Waals surface area contributed by atoms with Crippen LogP contribution in [-0.4, -0.2) is 17.4 Å². The summed E-state index contributed by atoms with van der Waals surface area (Å²) in [5, 5.41) is 8.49. The monoisotopic (exact) mass is 224 g/mol. The molecule has 0 bridgehead atoms. The lowest BCUT2D eigenvalue weighted by Crippen LogP contribution is -2.12. The van der Waals surface area contributed by atoms with Gasteiger partial charge in [-0.15, -0.1) is 13.2 Å². The molecule has 0 aliphatic carbocycles. The number of aromatic carboxylic acids is 1. The molecule has 0 unspecified atom stereocenters. The Labute approximate surface area is 82.3 Å². The first-order chi connectivity index (χ1) is 6.79. The highest BCUT2D eigenvalue weighted by Gasteiger charge is 2.29. The Hall–Kier alpha value is -1.50. The molecule has 1 N–H and O–H groups in total. The molecule has 0 aromatic carbocycles. The number of hydrogen-bond donors (Lipinski definition) is 1. The van der Waals surface area contributed by atoms with Gasteiger partial charge in [-0.2, -0.15) is 0 Å². The van der Waals surface area contributed by atoms with E-state index >= 15 is 0 Å². The van der Waals surface area contributed by atoms with E-state index in [-0.39, 0.29) is 11.3 Å². The van der Waals surface area contributed by atoms with E-state index in [1.807, 2.05) is 0 Å². The average molecular weight is 224 g/mol. The quantitative estimate of drug-likeness (QED) is 0.855. The van der Waals surface area contributed by atoms with Crippen LogP contribution in [0.15, 0.2) is 10.5 Å². The molecule has 7 heteroatoms. The molecular formula is C8H7F3O4. The lowest BCUT2D eigenvalue weighted by Gasteiger charge is -2.05. The van der Waals surface area contributed by atoms with Crippen LogP contribution in [0.5, 0.6) is 0 Å². The van der Waals surface area contributed by atoms with Crippen molar-refractivity contribution in [1.29, 1.82) is 0 Å². The molecule has 0 saturated heterocycles. The molecule has 0 aliphatic rings. The molecule has 0 amide bonds. The zero-order chi connectivity index (χ0) is 11.6. The summed E-state index contributed by atoms with van der Waals surface area (Å²) in [7, 11) is 0. The van der Waals surface area contributed by atoms with E-state index in [2.05, 4.69) is 4.74 Å². The van der Waals surface area contributed by atoms with Gasteiger partial charge in [-0.3, -0.25) is 4.74 Å². The van der Waals surface area contributed by atoms with Crippen molar-refractivity contribution in [3.05, 3.63) is 23.2 Å². The van der Waals surface area contributed by atoms with Crippen LogP contribution in [0.25, 0.3) is 0 Å². The third-order valence-electron chi connectivity index (χ3n) is 1.62. The minimum absolute atomic E-state index is 0.0599. The second kappa shape index (κ2) is 3.93. The second-order valence-electron chi connectivity index (χ2n) is 2.73.